The van der Waals surface area contributed by atoms with Crippen LogP contribution < -0.4 is 9.47 Å². The van der Waals surface area contributed by atoms with Crippen LogP contribution in [0.5, 0.6) is 11.5 Å². The Morgan fingerprint density at radius 3 is 2.64 bits per heavy atom. The van der Waals surface area contributed by atoms with Crippen molar-refractivity contribution in [1.82, 2.24) is 4.98 Å². The Hall–Kier alpha value is -2.15. The van der Waals surface area contributed by atoms with Gasteiger partial charge in [0.05, 0.1) is 33.5 Å². The van der Waals surface area contributed by atoms with E-state index < -0.39 is 5.79 Å². The topological polar surface area (TPSA) is 70.0 Å². The smallest absolute Gasteiger partial charge is 0.205 e. The quantitative estimate of drug-likeness (QED) is 0.868. The van der Waals surface area contributed by atoms with Crippen LogP contribution in [0, 0.1) is 0 Å². The Kier molecular flexibility index (Phi) is 5.22. The van der Waals surface area contributed by atoms with Crippen LogP contribution >= 0.6 is 0 Å². The van der Waals surface area contributed by atoms with Gasteiger partial charge in [-0.05, 0) is 17.7 Å². The number of aromatic nitrogens is 1. The minimum atomic E-state index is -0.735. The molecule has 1 aromatic heterocycles. The maximum atomic E-state index is 9.50. The summed E-state index contributed by atoms with van der Waals surface area (Å²) in [6.45, 7) is 4.77. The van der Waals surface area contributed by atoms with Gasteiger partial charge in [-0.1, -0.05) is 12.1 Å². The highest BCUT2D eigenvalue weighted by Crippen LogP contribution is 2.35. The molecule has 1 aliphatic rings. The predicted octanol–water partition coefficient (Wildman–Crippen LogP) is 2.94. The Morgan fingerprint density at radius 1 is 1.20 bits per heavy atom. The fraction of sp³-hybridized carbons (Fsp3) is 0.421. The molecule has 1 aromatic carbocycles. The van der Waals surface area contributed by atoms with Crippen molar-refractivity contribution in [2.24, 2.45) is 0 Å². The lowest BCUT2D eigenvalue weighted by atomic mass is 10.1. The number of ether oxygens (including phenoxy) is 4. The standard InChI is InChI=1S/C19H23NO5/c1-19(2)24-12-16-14(8-20-17(9-21)18(16)25-19)11-23-10-13-4-6-15(22-3)7-5-13/h4-8,21H,9-12H2,1-3H3. The van der Waals surface area contributed by atoms with E-state index >= 15 is 0 Å². The van der Waals surface area contributed by atoms with Crippen LogP contribution in [-0.4, -0.2) is 23.0 Å². The fourth-order valence-corrected chi connectivity index (χ4v) is 2.65. The van der Waals surface area contributed by atoms with Crippen molar-refractivity contribution in [1.29, 1.82) is 0 Å². The molecule has 0 spiro atoms. The zero-order valence-corrected chi connectivity index (χ0v) is 14.7. The number of aliphatic hydroxyl groups is 1. The number of benzene rings is 1. The minimum Gasteiger partial charge on any atom is -0.497 e. The predicted molar refractivity (Wildman–Crippen MR) is 91.1 cm³/mol. The Bertz CT molecular complexity index is 727. The Labute approximate surface area is 147 Å². The molecule has 0 amide bonds. The molecule has 6 heteroatoms. The molecule has 0 bridgehead atoms. The number of methoxy groups -OCH3 is 1. The van der Waals surface area contributed by atoms with E-state index in [2.05, 4.69) is 4.98 Å². The number of nitrogens with zero attached hydrogens (tertiary/aromatic N) is 1. The van der Waals surface area contributed by atoms with Gasteiger partial charge in [-0.25, -0.2) is 0 Å². The lowest BCUT2D eigenvalue weighted by molar-refractivity contribution is -0.181. The summed E-state index contributed by atoms with van der Waals surface area (Å²) < 4.78 is 22.5. The highest BCUT2D eigenvalue weighted by molar-refractivity contribution is 5.43. The fourth-order valence-electron chi connectivity index (χ4n) is 2.65. The molecule has 0 atom stereocenters. The number of fused-ring (bicyclic) bond motifs is 1. The third kappa shape index (κ3) is 4.10. The zero-order valence-electron chi connectivity index (χ0n) is 14.7. The van der Waals surface area contributed by atoms with Gasteiger partial charge in [-0.2, -0.15) is 0 Å². The van der Waals surface area contributed by atoms with Crippen LogP contribution in [0.15, 0.2) is 30.5 Å². The van der Waals surface area contributed by atoms with Gasteiger partial charge >= 0.3 is 0 Å². The van der Waals surface area contributed by atoms with Crippen LogP contribution in [0.4, 0.5) is 0 Å². The van der Waals surface area contributed by atoms with E-state index in [-0.39, 0.29) is 6.61 Å². The van der Waals surface area contributed by atoms with Crippen LogP contribution in [-0.2, 0) is 35.9 Å². The van der Waals surface area contributed by atoms with Gasteiger partial charge in [0.15, 0.2) is 5.75 Å². The van der Waals surface area contributed by atoms with E-state index in [0.717, 1.165) is 22.4 Å². The maximum Gasteiger partial charge on any atom is 0.205 e. The maximum absolute atomic E-state index is 9.50. The lowest BCUT2D eigenvalue weighted by Crippen LogP contribution is -2.36. The van der Waals surface area contributed by atoms with E-state index in [1.165, 1.54) is 0 Å². The van der Waals surface area contributed by atoms with E-state index in [1.54, 1.807) is 13.3 Å². The molecule has 0 unspecified atom stereocenters. The molecule has 0 saturated carbocycles. The molecular weight excluding hydrogens is 322 g/mol. The molecule has 0 fully saturated rings. The molecule has 3 rings (SSSR count). The van der Waals surface area contributed by atoms with E-state index in [9.17, 15) is 5.11 Å². The van der Waals surface area contributed by atoms with Crippen molar-refractivity contribution < 1.29 is 24.1 Å². The summed E-state index contributed by atoms with van der Waals surface area (Å²) in [5.41, 5.74) is 3.36. The number of hydrogen-bond donors (Lipinski definition) is 1. The van der Waals surface area contributed by atoms with Crippen molar-refractivity contribution in [2.45, 2.75) is 46.1 Å². The highest BCUT2D eigenvalue weighted by atomic mass is 16.7. The first-order chi connectivity index (χ1) is 12.0. The molecule has 134 valence electrons. The first-order valence-corrected chi connectivity index (χ1v) is 8.16. The second kappa shape index (κ2) is 7.39. The number of hydrogen-bond acceptors (Lipinski definition) is 6. The second-order valence-electron chi connectivity index (χ2n) is 6.33. The van der Waals surface area contributed by atoms with E-state index in [0.29, 0.717) is 31.3 Å². The summed E-state index contributed by atoms with van der Waals surface area (Å²) >= 11 is 0. The third-order valence-electron chi connectivity index (χ3n) is 4.05. The van der Waals surface area contributed by atoms with Crippen molar-refractivity contribution in [2.75, 3.05) is 7.11 Å². The van der Waals surface area contributed by atoms with Crippen LogP contribution in [0.2, 0.25) is 0 Å². The number of aliphatic hydroxyl groups excluding tert-OH is 1. The summed E-state index contributed by atoms with van der Waals surface area (Å²) in [5, 5.41) is 9.50. The summed E-state index contributed by atoms with van der Waals surface area (Å²) in [7, 11) is 1.64. The molecule has 2 heterocycles. The van der Waals surface area contributed by atoms with Crippen LogP contribution in [0.1, 0.15) is 36.2 Å². The van der Waals surface area contributed by atoms with Gasteiger partial charge in [0.2, 0.25) is 5.79 Å². The monoisotopic (exact) mass is 345 g/mol. The summed E-state index contributed by atoms with van der Waals surface area (Å²) in [5.74, 6) is 0.684. The molecule has 0 saturated heterocycles. The highest BCUT2D eigenvalue weighted by Gasteiger charge is 2.31. The summed E-state index contributed by atoms with van der Waals surface area (Å²) in [4.78, 5) is 4.30. The van der Waals surface area contributed by atoms with Gasteiger partial charge < -0.3 is 24.1 Å². The van der Waals surface area contributed by atoms with Gasteiger partial charge in [0.25, 0.3) is 0 Å². The molecule has 25 heavy (non-hydrogen) atoms. The van der Waals surface area contributed by atoms with Crippen LogP contribution in [0.25, 0.3) is 0 Å². The first kappa shape index (κ1) is 17.7. The van der Waals surface area contributed by atoms with Gasteiger partial charge in [-0.15, -0.1) is 0 Å². The third-order valence-corrected chi connectivity index (χ3v) is 4.05. The van der Waals surface area contributed by atoms with Crippen molar-refractivity contribution in [3.05, 3.63) is 52.8 Å². The Morgan fingerprint density at radius 2 is 1.96 bits per heavy atom. The minimum absolute atomic E-state index is 0.175. The van der Waals surface area contributed by atoms with Gasteiger partial charge in [0, 0.05) is 31.2 Å². The van der Waals surface area contributed by atoms with Crippen LogP contribution in [0.3, 0.4) is 0 Å². The molecule has 1 N–H and O–H groups in total. The number of rotatable bonds is 6. The van der Waals surface area contributed by atoms with E-state index in [1.807, 2.05) is 38.1 Å². The summed E-state index contributed by atoms with van der Waals surface area (Å²) in [6.07, 6.45) is 1.71. The molecule has 0 aliphatic carbocycles. The van der Waals surface area contributed by atoms with E-state index in [4.69, 9.17) is 18.9 Å². The molecular formula is C19H23NO5. The van der Waals surface area contributed by atoms with Gasteiger partial charge in [0.1, 0.15) is 11.4 Å². The van der Waals surface area contributed by atoms with Crippen molar-refractivity contribution >= 4 is 0 Å². The van der Waals surface area contributed by atoms with Gasteiger partial charge in [-0.3, -0.25) is 4.98 Å². The SMILES string of the molecule is COc1ccc(COCc2cnc(CO)c3c2COC(C)(C)O3)cc1. The zero-order chi connectivity index (χ0) is 17.9. The average Bonchev–Trinajstić information content (AvgIpc) is 2.61. The Balaban J connectivity index is 1.70. The normalized spacial score (nSPS) is 15.4. The second-order valence-corrected chi connectivity index (χ2v) is 6.33. The average molecular weight is 345 g/mol. The molecule has 0 radical (unpaired) electrons. The molecule has 1 aliphatic heterocycles. The summed E-state index contributed by atoms with van der Waals surface area (Å²) in [6, 6.07) is 7.75. The first-order valence-electron chi connectivity index (χ1n) is 8.16. The number of pyridine rings is 1. The molecule has 6 nitrogen and oxygen atoms in total. The molecule has 2 aromatic rings. The van der Waals surface area contributed by atoms with Crippen molar-refractivity contribution in [3.8, 4) is 11.5 Å². The van der Waals surface area contributed by atoms with Crippen molar-refractivity contribution in [3.63, 3.8) is 0 Å². The lowest BCUT2D eigenvalue weighted by Gasteiger charge is -2.34. The largest absolute Gasteiger partial charge is 0.497 e.